The van der Waals surface area contributed by atoms with Gasteiger partial charge in [-0.2, -0.15) is 0 Å². The number of nitrogens with zero attached hydrogens (tertiary/aromatic N) is 1. The zero-order chi connectivity index (χ0) is 23.5. The van der Waals surface area contributed by atoms with Crippen molar-refractivity contribution in [3.63, 3.8) is 0 Å². The number of imide groups is 2. The highest BCUT2D eigenvalue weighted by atomic mass is 79.9. The smallest absolute Gasteiger partial charge is 0.335 e. The van der Waals surface area contributed by atoms with Gasteiger partial charge in [0.2, 0.25) is 0 Å². The first-order chi connectivity index (χ1) is 15.8. The third-order valence-electron chi connectivity index (χ3n) is 4.80. The SMILES string of the molecule is O=C1NC(=O)N(c2ccc(Cl)cc2)C(=O)/C1=C/c1cc(Br)ccc1OCc1ccccc1Br. The van der Waals surface area contributed by atoms with E-state index in [0.717, 1.165) is 19.4 Å². The van der Waals surface area contributed by atoms with E-state index in [1.54, 1.807) is 30.3 Å². The summed E-state index contributed by atoms with van der Waals surface area (Å²) in [5.41, 5.74) is 1.53. The van der Waals surface area contributed by atoms with Crippen molar-refractivity contribution in [2.75, 3.05) is 4.90 Å². The molecule has 1 aliphatic rings. The van der Waals surface area contributed by atoms with Crippen LogP contribution >= 0.6 is 43.5 Å². The van der Waals surface area contributed by atoms with Gasteiger partial charge in [0.05, 0.1) is 5.69 Å². The zero-order valence-electron chi connectivity index (χ0n) is 16.8. The van der Waals surface area contributed by atoms with Gasteiger partial charge >= 0.3 is 6.03 Å². The Labute approximate surface area is 211 Å². The van der Waals surface area contributed by atoms with Gasteiger partial charge in [-0.05, 0) is 54.6 Å². The highest BCUT2D eigenvalue weighted by molar-refractivity contribution is 9.10. The molecule has 3 aromatic carbocycles. The lowest BCUT2D eigenvalue weighted by atomic mass is 10.1. The van der Waals surface area contributed by atoms with E-state index in [1.165, 1.54) is 18.2 Å². The Morgan fingerprint density at radius 1 is 0.970 bits per heavy atom. The summed E-state index contributed by atoms with van der Waals surface area (Å²) in [4.78, 5) is 39.0. The minimum absolute atomic E-state index is 0.201. The fourth-order valence-corrected chi connectivity index (χ4v) is 4.08. The van der Waals surface area contributed by atoms with E-state index in [4.69, 9.17) is 16.3 Å². The van der Waals surface area contributed by atoms with Crippen LogP contribution in [-0.2, 0) is 16.2 Å². The van der Waals surface area contributed by atoms with E-state index in [9.17, 15) is 14.4 Å². The summed E-state index contributed by atoms with van der Waals surface area (Å²) in [5.74, 6) is -1.06. The van der Waals surface area contributed by atoms with Gasteiger partial charge < -0.3 is 4.74 Å². The standard InChI is InChI=1S/C24H15Br2ClN2O4/c25-16-5-10-21(33-13-14-3-1-2-4-20(14)26)15(11-16)12-19-22(30)28-24(32)29(23(19)31)18-8-6-17(27)7-9-18/h1-12H,13H2,(H,28,30,32)/b19-12+. The number of amides is 4. The molecule has 3 aromatic rings. The van der Waals surface area contributed by atoms with Gasteiger partial charge in [-0.1, -0.05) is 61.7 Å². The third kappa shape index (κ3) is 5.19. The molecule has 0 bridgehead atoms. The highest BCUT2D eigenvalue weighted by Gasteiger charge is 2.37. The van der Waals surface area contributed by atoms with E-state index in [2.05, 4.69) is 37.2 Å². The van der Waals surface area contributed by atoms with Crippen LogP contribution in [0.3, 0.4) is 0 Å². The predicted octanol–water partition coefficient (Wildman–Crippen LogP) is 6.11. The van der Waals surface area contributed by atoms with Crippen molar-refractivity contribution >= 4 is 73.1 Å². The van der Waals surface area contributed by atoms with Gasteiger partial charge in [0, 0.05) is 25.1 Å². The minimum Gasteiger partial charge on any atom is -0.488 e. The number of nitrogens with one attached hydrogen (secondary N) is 1. The molecule has 0 aliphatic carbocycles. The first kappa shape index (κ1) is 23.2. The number of barbiturate groups is 1. The number of benzene rings is 3. The van der Waals surface area contributed by atoms with Crippen LogP contribution < -0.4 is 15.0 Å². The van der Waals surface area contributed by atoms with Gasteiger partial charge in [-0.15, -0.1) is 0 Å². The summed E-state index contributed by atoms with van der Waals surface area (Å²) < 4.78 is 7.62. The second-order valence-electron chi connectivity index (χ2n) is 7.00. The molecular formula is C24H15Br2ClN2O4. The van der Waals surface area contributed by atoms with Crippen LogP contribution in [0.5, 0.6) is 5.75 Å². The molecule has 6 nitrogen and oxygen atoms in total. The molecule has 1 saturated heterocycles. The van der Waals surface area contributed by atoms with Crippen molar-refractivity contribution in [3.05, 3.63) is 97.4 Å². The van der Waals surface area contributed by atoms with E-state index < -0.39 is 17.8 Å². The molecule has 0 aromatic heterocycles. The fourth-order valence-electron chi connectivity index (χ4n) is 3.17. The molecule has 166 valence electrons. The lowest BCUT2D eigenvalue weighted by Gasteiger charge is -2.26. The topological polar surface area (TPSA) is 75.7 Å². The van der Waals surface area contributed by atoms with Crippen LogP contribution in [0.1, 0.15) is 11.1 Å². The van der Waals surface area contributed by atoms with Gasteiger partial charge in [0.25, 0.3) is 11.8 Å². The number of urea groups is 1. The van der Waals surface area contributed by atoms with Crippen LogP contribution in [0.25, 0.3) is 6.08 Å². The number of rotatable bonds is 5. The largest absolute Gasteiger partial charge is 0.488 e. The van der Waals surface area contributed by atoms with Crippen molar-refractivity contribution < 1.29 is 19.1 Å². The third-order valence-corrected chi connectivity index (χ3v) is 6.32. The van der Waals surface area contributed by atoms with E-state index >= 15 is 0 Å². The van der Waals surface area contributed by atoms with Crippen molar-refractivity contribution in [2.24, 2.45) is 0 Å². The summed E-state index contributed by atoms with van der Waals surface area (Å²) in [5, 5.41) is 2.66. The van der Waals surface area contributed by atoms with Crippen molar-refractivity contribution in [1.29, 1.82) is 0 Å². The van der Waals surface area contributed by atoms with E-state index in [0.29, 0.717) is 22.0 Å². The molecule has 33 heavy (non-hydrogen) atoms. The maximum atomic E-state index is 13.1. The molecule has 0 atom stereocenters. The van der Waals surface area contributed by atoms with E-state index in [1.807, 2.05) is 24.3 Å². The maximum Gasteiger partial charge on any atom is 0.335 e. The highest BCUT2D eigenvalue weighted by Crippen LogP contribution is 2.29. The first-order valence-corrected chi connectivity index (χ1v) is 11.6. The van der Waals surface area contributed by atoms with Crippen LogP contribution in [0.2, 0.25) is 5.02 Å². The van der Waals surface area contributed by atoms with Crippen molar-refractivity contribution in [3.8, 4) is 5.75 Å². The summed E-state index contributed by atoms with van der Waals surface area (Å²) in [6.07, 6.45) is 1.41. The molecule has 9 heteroatoms. The van der Waals surface area contributed by atoms with Crippen LogP contribution in [0.15, 0.2) is 81.2 Å². The van der Waals surface area contributed by atoms with Crippen molar-refractivity contribution in [2.45, 2.75) is 6.61 Å². The number of anilines is 1. The Kier molecular flexibility index (Phi) is 6.97. The molecular weight excluding hydrogens is 576 g/mol. The number of carbonyl (C=O) groups excluding carboxylic acids is 3. The molecule has 0 unspecified atom stereocenters. The van der Waals surface area contributed by atoms with Crippen LogP contribution in [-0.4, -0.2) is 17.8 Å². The summed E-state index contributed by atoms with van der Waals surface area (Å²) in [6.45, 7) is 0.273. The lowest BCUT2D eigenvalue weighted by Crippen LogP contribution is -2.54. The molecule has 4 rings (SSSR count). The molecule has 0 spiro atoms. The number of halogens is 3. The van der Waals surface area contributed by atoms with Gasteiger partial charge in [0.1, 0.15) is 17.9 Å². The lowest BCUT2D eigenvalue weighted by molar-refractivity contribution is -0.122. The van der Waals surface area contributed by atoms with Crippen molar-refractivity contribution in [1.82, 2.24) is 5.32 Å². The molecule has 0 radical (unpaired) electrons. The average Bonchev–Trinajstić information content (AvgIpc) is 2.78. The monoisotopic (exact) mass is 588 g/mol. The Morgan fingerprint density at radius 2 is 1.70 bits per heavy atom. The molecule has 1 heterocycles. The summed E-state index contributed by atoms with van der Waals surface area (Å²) in [7, 11) is 0. The second-order valence-corrected chi connectivity index (χ2v) is 9.20. The van der Waals surface area contributed by atoms with Gasteiger partial charge in [-0.25, -0.2) is 9.69 Å². The number of hydrogen-bond acceptors (Lipinski definition) is 4. The quantitative estimate of drug-likeness (QED) is 0.288. The Bertz CT molecular complexity index is 1290. The zero-order valence-corrected chi connectivity index (χ0v) is 20.8. The minimum atomic E-state index is -0.830. The number of hydrogen-bond donors (Lipinski definition) is 1. The van der Waals surface area contributed by atoms with Gasteiger partial charge in [-0.3, -0.25) is 14.9 Å². The van der Waals surface area contributed by atoms with Crippen LogP contribution in [0, 0.1) is 0 Å². The molecule has 0 saturated carbocycles. The Balaban J connectivity index is 1.68. The van der Waals surface area contributed by atoms with E-state index in [-0.39, 0.29) is 12.2 Å². The normalized spacial score (nSPS) is 15.1. The Hall–Kier alpha value is -2.94. The summed E-state index contributed by atoms with van der Waals surface area (Å²) >= 11 is 12.8. The molecule has 1 aliphatic heterocycles. The first-order valence-electron chi connectivity index (χ1n) is 9.66. The number of ether oxygens (including phenoxy) is 1. The van der Waals surface area contributed by atoms with Crippen LogP contribution in [0.4, 0.5) is 10.5 Å². The number of carbonyl (C=O) groups is 3. The summed E-state index contributed by atoms with van der Waals surface area (Å²) in [6, 6.07) is 18.2. The Morgan fingerprint density at radius 3 is 2.42 bits per heavy atom. The predicted molar refractivity (Wildman–Crippen MR) is 133 cm³/mol. The molecule has 1 N–H and O–H groups in total. The molecule has 4 amide bonds. The fraction of sp³-hybridized carbons (Fsp3) is 0.0417. The molecule has 1 fully saturated rings. The van der Waals surface area contributed by atoms with Gasteiger partial charge in [0.15, 0.2) is 0 Å². The second kappa shape index (κ2) is 9.91. The average molecular weight is 591 g/mol. The maximum absolute atomic E-state index is 13.1.